The van der Waals surface area contributed by atoms with E-state index in [0.29, 0.717) is 5.75 Å². The van der Waals surface area contributed by atoms with Crippen LogP contribution < -0.4 is 4.74 Å². The number of carboxylic acid groups (broad SMARTS) is 1. The van der Waals surface area contributed by atoms with E-state index >= 15 is 0 Å². The zero-order chi connectivity index (χ0) is 21.5. The largest absolute Gasteiger partial charge is 0.491 e. The molecule has 0 fully saturated rings. The van der Waals surface area contributed by atoms with Gasteiger partial charge in [-0.2, -0.15) is 0 Å². The Bertz CT molecular complexity index is 710. The molecule has 0 bridgehead atoms. The van der Waals surface area contributed by atoms with Gasteiger partial charge in [0.05, 0.1) is 6.61 Å². The van der Waals surface area contributed by atoms with E-state index in [1.54, 1.807) is 30.4 Å². The number of aliphatic hydroxyl groups excluding tert-OH is 3. The van der Waals surface area contributed by atoms with E-state index in [2.05, 4.69) is 0 Å². The normalized spacial score (nSPS) is 15.4. The number of allylic oxidation sites excluding steroid dienone is 6. The van der Waals surface area contributed by atoms with Crippen molar-refractivity contribution in [1.29, 1.82) is 0 Å². The maximum absolute atomic E-state index is 12.8. The molecule has 0 aliphatic rings. The zero-order valence-electron chi connectivity index (χ0n) is 15.7. The van der Waals surface area contributed by atoms with Crippen LogP contribution in [0.3, 0.4) is 0 Å². The van der Waals surface area contributed by atoms with E-state index in [9.17, 15) is 24.5 Å². The average molecular weight is 408 g/mol. The molecule has 8 heteroatoms. The first-order valence-electron chi connectivity index (χ1n) is 8.79. The Morgan fingerprint density at radius 2 is 1.52 bits per heavy atom. The van der Waals surface area contributed by atoms with Crippen LogP contribution in [0.15, 0.2) is 72.9 Å². The Morgan fingerprint density at radius 1 is 0.931 bits per heavy atom. The van der Waals surface area contributed by atoms with Crippen LogP contribution in [0.1, 0.15) is 0 Å². The lowest BCUT2D eigenvalue weighted by Crippen LogP contribution is -2.29. The van der Waals surface area contributed by atoms with Crippen molar-refractivity contribution in [1.82, 2.24) is 0 Å². The number of benzene rings is 1. The molecule has 29 heavy (non-hydrogen) atoms. The SMILES string of the molecule is O=C(O)COC[C@H](O)[C@H](O)C=CC=CC=CC=C[C@H](O)COc1ccc(F)cc1. The Hall–Kier alpha value is -2.78. The molecule has 0 saturated carbocycles. The molecule has 0 unspecified atom stereocenters. The summed E-state index contributed by atoms with van der Waals surface area (Å²) in [5, 5.41) is 37.4. The third kappa shape index (κ3) is 12.3. The van der Waals surface area contributed by atoms with Gasteiger partial charge in [-0.3, -0.25) is 0 Å². The minimum atomic E-state index is -1.23. The monoisotopic (exact) mass is 408 g/mol. The highest BCUT2D eigenvalue weighted by Crippen LogP contribution is 2.11. The lowest BCUT2D eigenvalue weighted by atomic mass is 10.2. The molecule has 3 atom stereocenters. The fourth-order valence-electron chi connectivity index (χ4n) is 1.89. The molecule has 0 aliphatic carbocycles. The minimum absolute atomic E-state index is 0.0327. The minimum Gasteiger partial charge on any atom is -0.491 e. The predicted molar refractivity (Wildman–Crippen MR) is 105 cm³/mol. The topological polar surface area (TPSA) is 116 Å². The molecule has 4 N–H and O–H groups in total. The number of aliphatic carboxylic acids is 1. The molecule has 1 aromatic rings. The van der Waals surface area contributed by atoms with Gasteiger partial charge in [0.2, 0.25) is 0 Å². The van der Waals surface area contributed by atoms with Crippen LogP contribution in [0.2, 0.25) is 0 Å². The van der Waals surface area contributed by atoms with Crippen LogP contribution in [-0.4, -0.2) is 64.5 Å². The molecule has 0 aliphatic heterocycles. The molecule has 0 amide bonds. The third-order valence-corrected chi connectivity index (χ3v) is 3.34. The van der Waals surface area contributed by atoms with Gasteiger partial charge in [0.1, 0.15) is 43.1 Å². The molecule has 7 nitrogen and oxygen atoms in total. The van der Waals surface area contributed by atoms with Crippen molar-refractivity contribution in [3.05, 3.63) is 78.7 Å². The number of halogens is 1. The van der Waals surface area contributed by atoms with Gasteiger partial charge in [0, 0.05) is 0 Å². The Labute approximate surface area is 168 Å². The molecule has 0 saturated heterocycles. The average Bonchev–Trinajstić information content (AvgIpc) is 2.69. The second kappa shape index (κ2) is 14.3. The third-order valence-electron chi connectivity index (χ3n) is 3.34. The number of rotatable bonds is 13. The predicted octanol–water partition coefficient (Wildman–Crippen LogP) is 1.61. The first-order valence-corrected chi connectivity index (χ1v) is 8.79. The van der Waals surface area contributed by atoms with E-state index < -0.39 is 30.9 Å². The van der Waals surface area contributed by atoms with Crippen LogP contribution >= 0.6 is 0 Å². The standard InChI is InChI=1S/C21H25FO7/c22-16-9-11-18(12-10-16)29-13-17(23)7-5-3-1-2-4-6-8-19(24)20(25)14-28-15-21(26)27/h1-12,17,19-20,23-25H,13-15H2,(H,26,27)/t17-,19+,20-/m0/s1. The number of hydrogen-bond acceptors (Lipinski definition) is 6. The molecule has 0 radical (unpaired) electrons. The molecule has 0 spiro atoms. The Morgan fingerprint density at radius 3 is 2.14 bits per heavy atom. The van der Waals surface area contributed by atoms with E-state index in [0.717, 1.165) is 0 Å². The van der Waals surface area contributed by atoms with E-state index in [-0.39, 0.29) is 19.0 Å². The van der Waals surface area contributed by atoms with E-state index in [4.69, 9.17) is 14.6 Å². The van der Waals surface area contributed by atoms with Crippen molar-refractivity contribution >= 4 is 5.97 Å². The molecule has 0 heterocycles. The molecule has 0 aromatic heterocycles. The molecule has 158 valence electrons. The summed E-state index contributed by atoms with van der Waals surface area (Å²) in [4.78, 5) is 10.3. The summed E-state index contributed by atoms with van der Waals surface area (Å²) < 4.78 is 22.8. The molecule has 1 rings (SSSR count). The van der Waals surface area contributed by atoms with Gasteiger partial charge in [-0.05, 0) is 24.3 Å². The number of hydrogen-bond donors (Lipinski definition) is 4. The number of ether oxygens (including phenoxy) is 2. The van der Waals surface area contributed by atoms with Crippen molar-refractivity contribution in [2.75, 3.05) is 19.8 Å². The van der Waals surface area contributed by atoms with E-state index in [1.807, 2.05) is 0 Å². The van der Waals surface area contributed by atoms with Gasteiger partial charge in [0.15, 0.2) is 0 Å². The fourth-order valence-corrected chi connectivity index (χ4v) is 1.89. The molecular formula is C21H25FO7. The van der Waals surface area contributed by atoms with Crippen molar-refractivity contribution in [2.24, 2.45) is 0 Å². The Kier molecular flexibility index (Phi) is 11.9. The van der Waals surface area contributed by atoms with Crippen LogP contribution in [-0.2, 0) is 9.53 Å². The maximum Gasteiger partial charge on any atom is 0.329 e. The lowest BCUT2D eigenvalue weighted by molar-refractivity contribution is -0.143. The first kappa shape index (κ1) is 24.3. The van der Waals surface area contributed by atoms with Gasteiger partial charge in [-0.25, -0.2) is 9.18 Å². The molecular weight excluding hydrogens is 383 g/mol. The number of carboxylic acids is 1. The van der Waals surface area contributed by atoms with Gasteiger partial charge >= 0.3 is 5.97 Å². The van der Waals surface area contributed by atoms with Crippen LogP contribution in [0, 0.1) is 5.82 Å². The zero-order valence-corrected chi connectivity index (χ0v) is 15.7. The Balaban J connectivity index is 2.24. The van der Waals surface area contributed by atoms with Gasteiger partial charge in [-0.1, -0.05) is 48.6 Å². The second-order valence-corrected chi connectivity index (χ2v) is 5.84. The second-order valence-electron chi connectivity index (χ2n) is 5.84. The number of aliphatic hydroxyl groups is 3. The summed E-state index contributed by atoms with van der Waals surface area (Å²) in [6.07, 6.45) is 9.43. The highest BCUT2D eigenvalue weighted by molar-refractivity contribution is 5.67. The maximum atomic E-state index is 12.8. The summed E-state index contributed by atoms with van der Waals surface area (Å²) in [7, 11) is 0. The van der Waals surface area contributed by atoms with Crippen molar-refractivity contribution in [2.45, 2.75) is 18.3 Å². The van der Waals surface area contributed by atoms with E-state index in [1.165, 1.54) is 42.5 Å². The van der Waals surface area contributed by atoms with Crippen LogP contribution in [0.4, 0.5) is 4.39 Å². The summed E-state index contributed by atoms with van der Waals surface area (Å²) in [5.74, 6) is -1.05. The summed E-state index contributed by atoms with van der Waals surface area (Å²) in [6, 6.07) is 5.49. The summed E-state index contributed by atoms with van der Waals surface area (Å²) in [5.41, 5.74) is 0. The smallest absolute Gasteiger partial charge is 0.329 e. The van der Waals surface area contributed by atoms with Crippen LogP contribution in [0.25, 0.3) is 0 Å². The van der Waals surface area contributed by atoms with Gasteiger partial charge in [-0.15, -0.1) is 0 Å². The fraction of sp³-hybridized carbons (Fsp3) is 0.286. The van der Waals surface area contributed by atoms with Gasteiger partial charge in [0.25, 0.3) is 0 Å². The summed E-state index contributed by atoms with van der Waals surface area (Å²) >= 11 is 0. The highest BCUT2D eigenvalue weighted by Gasteiger charge is 2.13. The van der Waals surface area contributed by atoms with Crippen molar-refractivity contribution in [3.8, 4) is 5.75 Å². The van der Waals surface area contributed by atoms with Crippen molar-refractivity contribution in [3.63, 3.8) is 0 Å². The summed E-state index contributed by atoms with van der Waals surface area (Å²) in [6.45, 7) is -0.802. The lowest BCUT2D eigenvalue weighted by Gasteiger charge is -2.13. The molecule has 1 aromatic carbocycles. The van der Waals surface area contributed by atoms with Crippen LogP contribution in [0.5, 0.6) is 5.75 Å². The highest BCUT2D eigenvalue weighted by atomic mass is 19.1. The number of carbonyl (C=O) groups is 1. The first-order chi connectivity index (χ1) is 13.9. The van der Waals surface area contributed by atoms with Crippen molar-refractivity contribution < 1.29 is 39.1 Å². The quantitative estimate of drug-likeness (QED) is 0.367. The van der Waals surface area contributed by atoms with Gasteiger partial charge < -0.3 is 29.9 Å².